The van der Waals surface area contributed by atoms with E-state index in [1.165, 1.54) is 0 Å². The Morgan fingerprint density at radius 1 is 0.955 bits per heavy atom. The second-order valence-corrected chi connectivity index (χ2v) is 6.33. The number of hydrogen-bond acceptors (Lipinski definition) is 5. The van der Waals surface area contributed by atoms with E-state index in [1.807, 2.05) is 53.4 Å². The molecule has 5 nitrogen and oxygen atoms in total. The van der Waals surface area contributed by atoms with Crippen molar-refractivity contribution in [2.45, 2.75) is 6.42 Å². The molecule has 0 aromatic heterocycles. The molecule has 3 rings (SSSR count). The molecule has 0 saturated carbocycles. The minimum Gasteiger partial charge on any atom is -0.748 e. The quantitative estimate of drug-likeness (QED) is 0.578. The minimum absolute atomic E-state index is 0. The molecule has 0 spiro atoms. The zero-order valence-electron chi connectivity index (χ0n) is 12.2. The van der Waals surface area contributed by atoms with Gasteiger partial charge in [-0.1, -0.05) is 24.3 Å². The van der Waals surface area contributed by atoms with Crippen LogP contribution >= 0.6 is 0 Å². The zero-order valence-corrected chi connectivity index (χ0v) is 15.0. The first-order chi connectivity index (χ1) is 10.0. The fourth-order valence-electron chi connectivity index (χ4n) is 2.42. The van der Waals surface area contributed by atoms with Crippen molar-refractivity contribution in [3.63, 3.8) is 0 Å². The van der Waals surface area contributed by atoms with E-state index in [-0.39, 0.29) is 41.7 Å². The van der Waals surface area contributed by atoms with Crippen LogP contribution in [0.5, 0.6) is 11.5 Å². The maximum atomic E-state index is 10.8. The number of hydrogen-bond donors (Lipinski definition) is 0. The number of rotatable bonds is 4. The van der Waals surface area contributed by atoms with Crippen molar-refractivity contribution < 1.29 is 47.3 Å². The number of fused-ring (bicyclic) bond motifs is 2. The van der Waals surface area contributed by atoms with Crippen LogP contribution in [0.25, 0.3) is 0 Å². The van der Waals surface area contributed by atoms with Crippen molar-refractivity contribution in [2.75, 3.05) is 17.2 Å². The van der Waals surface area contributed by atoms with Crippen molar-refractivity contribution in [1.29, 1.82) is 0 Å². The monoisotopic (exact) mass is 327 g/mol. The first-order valence-electron chi connectivity index (χ1n) is 6.62. The Morgan fingerprint density at radius 3 is 1.95 bits per heavy atom. The number of ether oxygens (including phenoxy) is 1. The average molecular weight is 327 g/mol. The van der Waals surface area contributed by atoms with Crippen LogP contribution in [-0.2, 0) is 10.1 Å². The van der Waals surface area contributed by atoms with E-state index in [9.17, 15) is 13.0 Å². The topological polar surface area (TPSA) is 69.7 Å². The van der Waals surface area contributed by atoms with E-state index in [1.54, 1.807) is 0 Å². The van der Waals surface area contributed by atoms with Crippen LogP contribution in [-0.4, -0.2) is 25.3 Å². The summed E-state index contributed by atoms with van der Waals surface area (Å²) < 4.78 is 38.1. The first kappa shape index (κ1) is 17.3. The van der Waals surface area contributed by atoms with Gasteiger partial charge >= 0.3 is 29.6 Å². The molecular weight excluding hydrogens is 313 g/mol. The summed E-state index contributed by atoms with van der Waals surface area (Å²) in [5, 5.41) is 0. The molecule has 0 N–H and O–H groups in total. The van der Waals surface area contributed by atoms with Gasteiger partial charge < -0.3 is 14.2 Å². The second-order valence-electron chi connectivity index (χ2n) is 4.80. The molecule has 0 fully saturated rings. The van der Waals surface area contributed by atoms with E-state index < -0.39 is 10.1 Å². The van der Waals surface area contributed by atoms with Crippen LogP contribution in [0.3, 0.4) is 0 Å². The molecule has 0 atom stereocenters. The van der Waals surface area contributed by atoms with E-state index in [0.29, 0.717) is 6.54 Å². The van der Waals surface area contributed by atoms with Gasteiger partial charge in [-0.25, -0.2) is 8.42 Å². The summed E-state index contributed by atoms with van der Waals surface area (Å²) in [4.78, 5) is 1.99. The van der Waals surface area contributed by atoms with Gasteiger partial charge in [0.1, 0.15) is 0 Å². The van der Waals surface area contributed by atoms with Crippen molar-refractivity contribution in [1.82, 2.24) is 0 Å². The average Bonchev–Trinajstić information content (AvgIpc) is 2.45. The van der Waals surface area contributed by atoms with E-state index in [0.717, 1.165) is 22.9 Å². The maximum Gasteiger partial charge on any atom is 1.00 e. The number of benzene rings is 2. The third-order valence-electron chi connectivity index (χ3n) is 3.31. The van der Waals surface area contributed by atoms with Gasteiger partial charge in [-0.3, -0.25) is 0 Å². The molecular formula is C15H14NNaO4S. The van der Waals surface area contributed by atoms with Gasteiger partial charge in [-0.15, -0.1) is 0 Å². The Balaban J connectivity index is 0.00000176. The molecule has 0 radical (unpaired) electrons. The van der Waals surface area contributed by atoms with Gasteiger partial charge in [0.15, 0.2) is 11.5 Å². The molecule has 0 saturated heterocycles. The normalized spacial score (nSPS) is 12.7. The summed E-state index contributed by atoms with van der Waals surface area (Å²) in [5.74, 6) is 1.08. The van der Waals surface area contributed by atoms with Crippen LogP contribution in [0.15, 0.2) is 48.5 Å². The molecule has 2 aromatic rings. The molecule has 22 heavy (non-hydrogen) atoms. The molecule has 0 bridgehead atoms. The summed E-state index contributed by atoms with van der Waals surface area (Å²) in [5.41, 5.74) is 1.75. The predicted octanol–water partition coefficient (Wildman–Crippen LogP) is -0.130. The van der Waals surface area contributed by atoms with Gasteiger partial charge in [0.05, 0.1) is 21.5 Å². The summed E-state index contributed by atoms with van der Waals surface area (Å²) in [6.07, 6.45) is 0.272. The van der Waals surface area contributed by atoms with Gasteiger partial charge in [-0.05, 0) is 30.7 Å². The van der Waals surface area contributed by atoms with Crippen LogP contribution < -0.4 is 39.2 Å². The van der Waals surface area contributed by atoms with Crippen molar-refractivity contribution in [3.8, 4) is 11.5 Å². The number of anilines is 2. The van der Waals surface area contributed by atoms with Crippen LogP contribution in [0.2, 0.25) is 0 Å². The van der Waals surface area contributed by atoms with Gasteiger partial charge in [0, 0.05) is 12.3 Å². The maximum absolute atomic E-state index is 10.8. The Kier molecular flexibility index (Phi) is 5.52. The summed E-state index contributed by atoms with van der Waals surface area (Å²) >= 11 is 0. The van der Waals surface area contributed by atoms with Crippen molar-refractivity contribution >= 4 is 21.5 Å². The molecule has 1 aliphatic rings. The second kappa shape index (κ2) is 7.02. The van der Waals surface area contributed by atoms with Crippen molar-refractivity contribution in [3.05, 3.63) is 48.5 Å². The smallest absolute Gasteiger partial charge is 0.748 e. The third kappa shape index (κ3) is 3.83. The number of para-hydroxylation sites is 4. The fraction of sp³-hybridized carbons (Fsp3) is 0.200. The molecule has 2 aromatic carbocycles. The SMILES string of the molecule is O=S(=O)([O-])CCCN1c2ccccc2Oc2ccccc21.[Na+]. The van der Waals surface area contributed by atoms with Crippen LogP contribution in [0.4, 0.5) is 11.4 Å². The molecule has 7 heteroatoms. The van der Waals surface area contributed by atoms with Gasteiger partial charge in [-0.2, -0.15) is 0 Å². The van der Waals surface area contributed by atoms with E-state index in [4.69, 9.17) is 4.74 Å². The van der Waals surface area contributed by atoms with E-state index in [2.05, 4.69) is 0 Å². The largest absolute Gasteiger partial charge is 1.00 e. The summed E-state index contributed by atoms with van der Waals surface area (Å²) in [6.45, 7) is 0.443. The molecule has 110 valence electrons. The Bertz CT molecular complexity index is 718. The molecule has 0 aliphatic carbocycles. The van der Waals surface area contributed by atoms with E-state index >= 15 is 0 Å². The molecule has 0 unspecified atom stereocenters. The molecule has 0 amide bonds. The van der Waals surface area contributed by atoms with Gasteiger partial charge in [0.2, 0.25) is 0 Å². The van der Waals surface area contributed by atoms with Gasteiger partial charge in [0.25, 0.3) is 0 Å². The Hall–Kier alpha value is -1.05. The van der Waals surface area contributed by atoms with Crippen molar-refractivity contribution in [2.24, 2.45) is 0 Å². The zero-order chi connectivity index (χ0) is 14.9. The summed E-state index contributed by atoms with van der Waals surface area (Å²) in [7, 11) is -4.19. The van der Waals surface area contributed by atoms with Crippen LogP contribution in [0, 0.1) is 0 Å². The predicted molar refractivity (Wildman–Crippen MR) is 79.1 cm³/mol. The molecule has 1 aliphatic heterocycles. The van der Waals surface area contributed by atoms with Crippen LogP contribution in [0.1, 0.15) is 6.42 Å². The summed E-state index contributed by atoms with van der Waals surface area (Å²) in [6, 6.07) is 15.1. The first-order valence-corrected chi connectivity index (χ1v) is 8.19. The number of nitrogens with zero attached hydrogens (tertiary/aromatic N) is 1. The Morgan fingerprint density at radius 2 is 1.45 bits per heavy atom. The minimum atomic E-state index is -4.19. The molecule has 1 heterocycles. The standard InChI is InChI=1S/C15H15NO4S.Na/c17-21(18,19)11-5-10-16-12-6-1-3-8-14(12)20-15-9-4-2-7-13(15)16;/h1-4,6-9H,5,10-11H2,(H,17,18,19);/q;+1/p-1. The fourth-order valence-corrected chi connectivity index (χ4v) is 2.90. The Labute approximate surface area is 151 Å². The third-order valence-corrected chi connectivity index (χ3v) is 4.10.